The first-order valence-electron chi connectivity index (χ1n) is 7.91. The molecule has 2 heterocycles. The lowest BCUT2D eigenvalue weighted by Gasteiger charge is -2.39. The Kier molecular flexibility index (Phi) is 6.32. The van der Waals surface area contributed by atoms with Crippen molar-refractivity contribution in [1.29, 1.82) is 0 Å². The normalized spacial score (nSPS) is 28.1. The molecular weight excluding hydrogens is 490 g/mol. The SMILES string of the molecule is C#CCOc1c(Br)cc2[nH]cc(O[C@@H]3O[C@H](CO)[C@@H](O)[C@H](O)[C@H]3O)c2c1Br. The highest BCUT2D eigenvalue weighted by Crippen LogP contribution is 2.44. The summed E-state index contributed by atoms with van der Waals surface area (Å²) in [5.74, 6) is 3.16. The second-order valence-corrected chi connectivity index (χ2v) is 7.53. The number of fused-ring (bicyclic) bond motifs is 1. The second-order valence-electron chi connectivity index (χ2n) is 5.88. The molecule has 10 heteroatoms. The minimum absolute atomic E-state index is 0.0655. The predicted molar refractivity (Wildman–Crippen MR) is 102 cm³/mol. The summed E-state index contributed by atoms with van der Waals surface area (Å²) in [5.41, 5.74) is 0.696. The fourth-order valence-electron chi connectivity index (χ4n) is 2.80. The largest absolute Gasteiger partial charge is 0.479 e. The summed E-state index contributed by atoms with van der Waals surface area (Å²) in [5, 5.41) is 39.8. The summed E-state index contributed by atoms with van der Waals surface area (Å²) in [6, 6.07) is 1.77. The first kappa shape index (κ1) is 20.4. The monoisotopic (exact) mass is 505 g/mol. The highest BCUT2D eigenvalue weighted by molar-refractivity contribution is 9.11. The van der Waals surface area contributed by atoms with E-state index in [1.165, 1.54) is 0 Å². The molecule has 146 valence electrons. The van der Waals surface area contributed by atoms with Crippen molar-refractivity contribution in [2.24, 2.45) is 0 Å². The van der Waals surface area contributed by atoms with Gasteiger partial charge in [-0.05, 0) is 37.9 Å². The van der Waals surface area contributed by atoms with E-state index in [0.717, 1.165) is 0 Å². The molecule has 1 aliphatic heterocycles. The van der Waals surface area contributed by atoms with Crippen LogP contribution in [0.3, 0.4) is 0 Å². The lowest BCUT2D eigenvalue weighted by molar-refractivity contribution is -0.277. The Morgan fingerprint density at radius 2 is 1.96 bits per heavy atom. The first-order valence-corrected chi connectivity index (χ1v) is 9.50. The number of nitrogens with one attached hydrogen (secondary N) is 1. The number of rotatable bonds is 5. The fraction of sp³-hybridized carbons (Fsp3) is 0.412. The number of aliphatic hydroxyl groups excluding tert-OH is 4. The van der Waals surface area contributed by atoms with Gasteiger partial charge < -0.3 is 39.6 Å². The summed E-state index contributed by atoms with van der Waals surface area (Å²) < 4.78 is 17.9. The van der Waals surface area contributed by atoms with Crippen LogP contribution in [0.5, 0.6) is 11.5 Å². The number of aliphatic hydroxyl groups is 4. The quantitative estimate of drug-likeness (QED) is 0.381. The van der Waals surface area contributed by atoms with Crippen molar-refractivity contribution in [3.63, 3.8) is 0 Å². The number of aromatic amines is 1. The van der Waals surface area contributed by atoms with Gasteiger partial charge in [0, 0.05) is 6.20 Å². The van der Waals surface area contributed by atoms with E-state index in [4.69, 9.17) is 20.6 Å². The molecule has 0 amide bonds. The van der Waals surface area contributed by atoms with E-state index in [0.29, 0.717) is 31.3 Å². The first-order chi connectivity index (χ1) is 12.9. The van der Waals surface area contributed by atoms with Crippen molar-refractivity contribution in [2.75, 3.05) is 13.2 Å². The maximum absolute atomic E-state index is 10.2. The van der Waals surface area contributed by atoms with Crippen LogP contribution in [0.4, 0.5) is 0 Å². The van der Waals surface area contributed by atoms with Crippen molar-refractivity contribution in [1.82, 2.24) is 4.98 Å². The van der Waals surface area contributed by atoms with Gasteiger partial charge in [-0.1, -0.05) is 5.92 Å². The van der Waals surface area contributed by atoms with Gasteiger partial charge in [-0.25, -0.2) is 0 Å². The molecule has 27 heavy (non-hydrogen) atoms. The number of aromatic nitrogens is 1. The second kappa shape index (κ2) is 8.36. The molecule has 0 saturated carbocycles. The molecule has 0 aliphatic carbocycles. The van der Waals surface area contributed by atoms with Gasteiger partial charge in [-0.2, -0.15) is 0 Å². The number of hydrogen-bond acceptors (Lipinski definition) is 7. The van der Waals surface area contributed by atoms with Crippen molar-refractivity contribution in [2.45, 2.75) is 30.7 Å². The molecule has 3 rings (SSSR count). The predicted octanol–water partition coefficient (Wildman–Crippen LogP) is 0.884. The molecule has 1 fully saturated rings. The number of halogens is 2. The summed E-state index contributed by atoms with van der Waals surface area (Å²) in [6.07, 6.45) is -0.0751. The van der Waals surface area contributed by atoms with Gasteiger partial charge in [0.25, 0.3) is 0 Å². The Morgan fingerprint density at radius 3 is 2.63 bits per heavy atom. The van der Waals surface area contributed by atoms with Crippen LogP contribution in [0.2, 0.25) is 0 Å². The Balaban J connectivity index is 1.94. The van der Waals surface area contributed by atoms with Crippen LogP contribution in [0.25, 0.3) is 10.9 Å². The minimum Gasteiger partial charge on any atom is -0.479 e. The van der Waals surface area contributed by atoms with Gasteiger partial charge in [0.2, 0.25) is 6.29 Å². The van der Waals surface area contributed by atoms with E-state index in [9.17, 15) is 20.4 Å². The number of hydrogen-bond donors (Lipinski definition) is 5. The van der Waals surface area contributed by atoms with Crippen molar-refractivity contribution < 1.29 is 34.6 Å². The fourth-order valence-corrected chi connectivity index (χ4v) is 4.34. The van der Waals surface area contributed by atoms with Gasteiger partial charge in [-0.15, -0.1) is 6.42 Å². The Labute approximate surface area is 171 Å². The molecule has 0 spiro atoms. The molecule has 1 aromatic heterocycles. The van der Waals surface area contributed by atoms with Crippen LogP contribution < -0.4 is 9.47 Å². The van der Waals surface area contributed by atoms with E-state index in [2.05, 4.69) is 42.8 Å². The summed E-state index contributed by atoms with van der Waals surface area (Å²) in [7, 11) is 0. The lowest BCUT2D eigenvalue weighted by Crippen LogP contribution is -2.60. The van der Waals surface area contributed by atoms with Gasteiger partial charge in [0.05, 0.1) is 26.5 Å². The van der Waals surface area contributed by atoms with Gasteiger partial charge in [0.15, 0.2) is 0 Å². The third-order valence-corrected chi connectivity index (χ3v) is 5.52. The van der Waals surface area contributed by atoms with Crippen molar-refractivity contribution in [3.05, 3.63) is 21.2 Å². The number of terminal acetylenes is 1. The zero-order valence-corrected chi connectivity index (χ0v) is 17.0. The molecule has 2 aromatic rings. The molecule has 5 atom stereocenters. The molecule has 8 nitrogen and oxygen atoms in total. The van der Waals surface area contributed by atoms with E-state index in [1.807, 2.05) is 0 Å². The smallest absolute Gasteiger partial charge is 0.229 e. The lowest BCUT2D eigenvalue weighted by atomic mass is 9.99. The average Bonchev–Trinajstić information content (AvgIpc) is 3.04. The minimum atomic E-state index is -1.53. The molecule has 1 aliphatic rings. The van der Waals surface area contributed by atoms with Crippen molar-refractivity contribution >= 4 is 42.8 Å². The molecule has 1 aromatic carbocycles. The average molecular weight is 507 g/mol. The van der Waals surface area contributed by atoms with Crippen LogP contribution in [0, 0.1) is 12.3 Å². The summed E-state index contributed by atoms with van der Waals surface area (Å²) in [6.45, 7) is -0.477. The third-order valence-electron chi connectivity index (χ3n) is 4.17. The Bertz CT molecular complexity index is 863. The molecule has 1 saturated heterocycles. The zero-order valence-electron chi connectivity index (χ0n) is 13.8. The van der Waals surface area contributed by atoms with E-state index < -0.39 is 37.3 Å². The highest BCUT2D eigenvalue weighted by Gasteiger charge is 2.45. The highest BCUT2D eigenvalue weighted by atomic mass is 79.9. The maximum atomic E-state index is 10.2. The van der Waals surface area contributed by atoms with E-state index in [1.54, 1.807) is 12.3 Å². The van der Waals surface area contributed by atoms with Crippen molar-refractivity contribution in [3.8, 4) is 23.8 Å². The van der Waals surface area contributed by atoms with Crippen LogP contribution in [0.15, 0.2) is 21.2 Å². The van der Waals surface area contributed by atoms with Crippen LogP contribution in [0.1, 0.15) is 0 Å². The molecule has 5 N–H and O–H groups in total. The maximum Gasteiger partial charge on any atom is 0.229 e. The van der Waals surface area contributed by atoms with Gasteiger partial charge in [0.1, 0.15) is 42.5 Å². The Hall–Kier alpha value is -1.32. The van der Waals surface area contributed by atoms with Gasteiger partial charge in [-0.3, -0.25) is 0 Å². The molecule has 0 radical (unpaired) electrons. The van der Waals surface area contributed by atoms with E-state index in [-0.39, 0.29) is 6.61 Å². The molecule has 0 unspecified atom stereocenters. The molecular formula is C17H17Br2NO7. The number of H-pyrrole nitrogens is 1. The van der Waals surface area contributed by atoms with Crippen LogP contribution >= 0.6 is 31.9 Å². The van der Waals surface area contributed by atoms with Crippen LogP contribution in [-0.4, -0.2) is 69.3 Å². The number of benzene rings is 1. The van der Waals surface area contributed by atoms with Gasteiger partial charge >= 0.3 is 0 Å². The number of ether oxygens (including phenoxy) is 3. The summed E-state index contributed by atoms with van der Waals surface area (Å²) in [4.78, 5) is 3.02. The topological polar surface area (TPSA) is 124 Å². The zero-order chi connectivity index (χ0) is 19.7. The Morgan fingerprint density at radius 1 is 1.22 bits per heavy atom. The van der Waals surface area contributed by atoms with E-state index >= 15 is 0 Å². The van der Waals surface area contributed by atoms with Crippen LogP contribution in [-0.2, 0) is 4.74 Å². The molecule has 0 bridgehead atoms. The summed E-state index contributed by atoms with van der Waals surface area (Å²) >= 11 is 6.87. The third kappa shape index (κ3) is 3.82. The standard InChI is InChI=1S/C17H17Br2NO7/c1-2-3-25-16-7(18)4-8-11(12(16)19)9(5-20-8)26-17-15(24)14(23)13(22)10(6-21)27-17/h1,4-5,10,13-15,17,20-24H,3,6H2/t10-,13-,14+,15-,17-/m1/s1.